The van der Waals surface area contributed by atoms with Gasteiger partial charge >= 0.3 is 5.97 Å². The quantitative estimate of drug-likeness (QED) is 0.443. The number of nitrogens with one attached hydrogen (secondary N) is 1. The molecule has 0 spiro atoms. The fourth-order valence-electron chi connectivity index (χ4n) is 2.90. The van der Waals surface area contributed by atoms with Crippen LogP contribution in [0.25, 0.3) is 0 Å². The molecule has 0 bridgehead atoms. The molecule has 0 saturated heterocycles. The molecule has 0 radical (unpaired) electrons. The number of carbonyl (C=O) groups is 4. The van der Waals surface area contributed by atoms with Crippen molar-refractivity contribution in [2.75, 3.05) is 11.9 Å². The summed E-state index contributed by atoms with van der Waals surface area (Å²) in [6, 6.07) is 11.8. The van der Waals surface area contributed by atoms with Crippen molar-refractivity contribution in [3.63, 3.8) is 0 Å². The van der Waals surface area contributed by atoms with Gasteiger partial charge in [-0.3, -0.25) is 19.2 Å². The van der Waals surface area contributed by atoms with E-state index in [1.54, 1.807) is 36.4 Å². The minimum absolute atomic E-state index is 0.0281. The lowest BCUT2D eigenvalue weighted by Crippen LogP contribution is -2.16. The van der Waals surface area contributed by atoms with Crippen molar-refractivity contribution >= 4 is 29.1 Å². The Labute approximate surface area is 183 Å². The van der Waals surface area contributed by atoms with E-state index in [9.17, 15) is 19.2 Å². The monoisotopic (exact) mass is 423 g/mol. The normalized spacial score (nSPS) is 10.6. The van der Waals surface area contributed by atoms with Crippen LogP contribution in [-0.4, -0.2) is 30.0 Å². The van der Waals surface area contributed by atoms with Gasteiger partial charge in [-0.25, -0.2) is 0 Å². The molecule has 0 saturated carbocycles. The smallest absolute Gasteiger partial charge is 0.306 e. The van der Waals surface area contributed by atoms with Gasteiger partial charge in [-0.1, -0.05) is 26.0 Å². The second kappa shape index (κ2) is 11.2. The van der Waals surface area contributed by atoms with E-state index in [1.807, 2.05) is 33.8 Å². The van der Waals surface area contributed by atoms with E-state index in [4.69, 9.17) is 4.74 Å². The summed E-state index contributed by atoms with van der Waals surface area (Å²) in [6.07, 6.45) is 0.364. The molecule has 0 aliphatic heterocycles. The zero-order valence-corrected chi connectivity index (χ0v) is 18.5. The molecular formula is C25H29NO5. The van der Waals surface area contributed by atoms with Gasteiger partial charge in [-0.15, -0.1) is 0 Å². The summed E-state index contributed by atoms with van der Waals surface area (Å²) >= 11 is 0. The molecule has 0 unspecified atom stereocenters. The lowest BCUT2D eigenvalue weighted by molar-refractivity contribution is -0.142. The van der Waals surface area contributed by atoms with Gasteiger partial charge in [-0.2, -0.15) is 0 Å². The number of esters is 1. The van der Waals surface area contributed by atoms with E-state index in [2.05, 4.69) is 5.32 Å². The SMILES string of the molecule is Cc1ccc(C(=O)CCC(=O)OCC(=O)c2ccc(NC(=O)CC(C)C)cc2)cc1C. The first-order valence-electron chi connectivity index (χ1n) is 10.3. The molecule has 1 amide bonds. The number of benzene rings is 2. The zero-order chi connectivity index (χ0) is 23.0. The highest BCUT2D eigenvalue weighted by Gasteiger charge is 2.14. The first-order chi connectivity index (χ1) is 14.7. The van der Waals surface area contributed by atoms with Crippen LogP contribution in [0.1, 0.15) is 65.0 Å². The number of carbonyl (C=O) groups excluding carboxylic acids is 4. The summed E-state index contributed by atoms with van der Waals surface area (Å²) in [7, 11) is 0. The maximum absolute atomic E-state index is 12.2. The van der Waals surface area contributed by atoms with E-state index in [0.29, 0.717) is 23.2 Å². The van der Waals surface area contributed by atoms with Crippen LogP contribution in [0.2, 0.25) is 0 Å². The molecule has 1 N–H and O–H groups in total. The number of Topliss-reactive ketones (excluding diaryl/α,β-unsaturated/α-hetero) is 2. The van der Waals surface area contributed by atoms with E-state index in [1.165, 1.54) is 0 Å². The standard InChI is InChI=1S/C25H29NO5/c1-16(2)13-24(29)26-21-9-7-19(8-10-21)23(28)15-31-25(30)12-11-22(27)20-6-5-17(3)18(4)14-20/h5-10,14,16H,11-13,15H2,1-4H3,(H,26,29). The molecular weight excluding hydrogens is 394 g/mol. The molecule has 31 heavy (non-hydrogen) atoms. The summed E-state index contributed by atoms with van der Waals surface area (Å²) in [5, 5.41) is 2.77. The minimum Gasteiger partial charge on any atom is -0.457 e. The molecule has 6 heteroatoms. The predicted octanol–water partition coefficient (Wildman–Crippen LogP) is 4.68. The second-order valence-corrected chi connectivity index (χ2v) is 8.03. The van der Waals surface area contributed by atoms with Crippen LogP contribution >= 0.6 is 0 Å². The average Bonchev–Trinajstić information content (AvgIpc) is 2.72. The predicted molar refractivity (Wildman–Crippen MR) is 119 cm³/mol. The Morgan fingerprint density at radius 3 is 2.10 bits per heavy atom. The Morgan fingerprint density at radius 2 is 1.48 bits per heavy atom. The Kier molecular flexibility index (Phi) is 8.67. The number of ether oxygens (including phenoxy) is 1. The van der Waals surface area contributed by atoms with Gasteiger partial charge < -0.3 is 10.1 Å². The highest BCUT2D eigenvalue weighted by atomic mass is 16.5. The highest BCUT2D eigenvalue weighted by molar-refractivity contribution is 6.00. The minimum atomic E-state index is -0.594. The van der Waals surface area contributed by atoms with E-state index >= 15 is 0 Å². The van der Waals surface area contributed by atoms with Crippen molar-refractivity contribution in [3.8, 4) is 0 Å². The van der Waals surface area contributed by atoms with Gasteiger partial charge in [0.1, 0.15) is 0 Å². The van der Waals surface area contributed by atoms with Crippen LogP contribution in [-0.2, 0) is 14.3 Å². The van der Waals surface area contributed by atoms with Crippen molar-refractivity contribution in [2.24, 2.45) is 5.92 Å². The summed E-state index contributed by atoms with van der Waals surface area (Å²) in [6.45, 7) is 7.42. The first-order valence-corrected chi connectivity index (χ1v) is 10.3. The van der Waals surface area contributed by atoms with Crippen LogP contribution in [0.15, 0.2) is 42.5 Å². The average molecular weight is 424 g/mol. The van der Waals surface area contributed by atoms with E-state index in [-0.39, 0.29) is 36.2 Å². The number of hydrogen-bond donors (Lipinski definition) is 1. The summed E-state index contributed by atoms with van der Waals surface area (Å²) in [4.78, 5) is 48.2. The molecule has 0 atom stereocenters. The fourth-order valence-corrected chi connectivity index (χ4v) is 2.90. The molecule has 2 rings (SSSR count). The largest absolute Gasteiger partial charge is 0.457 e. The maximum atomic E-state index is 12.2. The maximum Gasteiger partial charge on any atom is 0.306 e. The van der Waals surface area contributed by atoms with Crippen molar-refractivity contribution < 1.29 is 23.9 Å². The van der Waals surface area contributed by atoms with Gasteiger partial charge in [0.25, 0.3) is 0 Å². The molecule has 0 aliphatic rings. The topological polar surface area (TPSA) is 89.5 Å². The van der Waals surface area contributed by atoms with Crippen LogP contribution in [0.5, 0.6) is 0 Å². The molecule has 6 nitrogen and oxygen atoms in total. The third-order valence-corrected chi connectivity index (χ3v) is 4.83. The number of amides is 1. The molecule has 0 aromatic heterocycles. The van der Waals surface area contributed by atoms with Crippen molar-refractivity contribution in [3.05, 3.63) is 64.7 Å². The van der Waals surface area contributed by atoms with Crippen molar-refractivity contribution in [2.45, 2.75) is 47.0 Å². The van der Waals surface area contributed by atoms with Crippen molar-refractivity contribution in [1.29, 1.82) is 0 Å². The van der Waals surface area contributed by atoms with Gasteiger partial charge in [0.05, 0.1) is 6.42 Å². The number of hydrogen-bond acceptors (Lipinski definition) is 5. The first kappa shape index (κ1) is 24.0. The molecule has 0 aliphatic carbocycles. The fraction of sp³-hybridized carbons (Fsp3) is 0.360. The third-order valence-electron chi connectivity index (χ3n) is 4.83. The van der Waals surface area contributed by atoms with Gasteiger partial charge in [0.15, 0.2) is 18.2 Å². The summed E-state index contributed by atoms with van der Waals surface area (Å²) in [5.74, 6) is -0.913. The zero-order valence-electron chi connectivity index (χ0n) is 18.5. The number of ketones is 2. The van der Waals surface area contributed by atoms with Crippen LogP contribution in [0.4, 0.5) is 5.69 Å². The molecule has 0 fully saturated rings. The number of anilines is 1. The van der Waals surface area contributed by atoms with Gasteiger partial charge in [-0.05, 0) is 61.2 Å². The van der Waals surface area contributed by atoms with Crippen LogP contribution in [0.3, 0.4) is 0 Å². The molecule has 2 aromatic carbocycles. The van der Waals surface area contributed by atoms with Crippen LogP contribution in [0, 0.1) is 19.8 Å². The number of rotatable bonds is 10. The highest BCUT2D eigenvalue weighted by Crippen LogP contribution is 2.14. The van der Waals surface area contributed by atoms with E-state index < -0.39 is 12.6 Å². The summed E-state index contributed by atoms with van der Waals surface area (Å²) in [5.41, 5.74) is 3.66. The van der Waals surface area contributed by atoms with Gasteiger partial charge in [0, 0.05) is 29.7 Å². The Morgan fingerprint density at radius 1 is 0.839 bits per heavy atom. The van der Waals surface area contributed by atoms with Crippen LogP contribution < -0.4 is 5.32 Å². The lowest BCUT2D eigenvalue weighted by Gasteiger charge is -2.08. The third kappa shape index (κ3) is 7.81. The van der Waals surface area contributed by atoms with Crippen molar-refractivity contribution in [1.82, 2.24) is 0 Å². The summed E-state index contributed by atoms with van der Waals surface area (Å²) < 4.78 is 5.02. The van der Waals surface area contributed by atoms with Gasteiger partial charge in [0.2, 0.25) is 5.91 Å². The molecule has 2 aromatic rings. The van der Waals surface area contributed by atoms with E-state index in [0.717, 1.165) is 11.1 Å². The molecule has 164 valence electrons. The Hall–Kier alpha value is -3.28. The lowest BCUT2D eigenvalue weighted by atomic mass is 10.0. The second-order valence-electron chi connectivity index (χ2n) is 8.03. The number of aryl methyl sites for hydroxylation is 2. The molecule has 0 heterocycles. The Bertz CT molecular complexity index is 960. The Balaban J connectivity index is 1.78.